The predicted octanol–water partition coefficient (Wildman–Crippen LogP) is 3.99. The SMILES string of the molecule is CC(C)(C)NCC(c1ccccc1)N1CCCCCC1. The highest BCUT2D eigenvalue weighted by Crippen LogP contribution is 2.24. The van der Waals surface area contributed by atoms with E-state index in [0.29, 0.717) is 6.04 Å². The molecule has 1 unspecified atom stereocenters. The minimum atomic E-state index is 0.179. The lowest BCUT2D eigenvalue weighted by atomic mass is 10.0. The molecule has 0 saturated carbocycles. The van der Waals surface area contributed by atoms with Crippen molar-refractivity contribution in [1.29, 1.82) is 0 Å². The van der Waals surface area contributed by atoms with E-state index in [0.717, 1.165) is 6.54 Å². The largest absolute Gasteiger partial charge is 0.310 e. The third-order valence-corrected chi connectivity index (χ3v) is 4.09. The van der Waals surface area contributed by atoms with Gasteiger partial charge in [0, 0.05) is 18.1 Å². The Bertz CT molecular complexity index is 372. The first-order chi connectivity index (χ1) is 9.56. The van der Waals surface area contributed by atoms with Gasteiger partial charge in [-0.3, -0.25) is 4.90 Å². The second-order valence-electron chi connectivity index (χ2n) is 7.01. The molecule has 0 aliphatic carbocycles. The zero-order valence-corrected chi connectivity index (χ0v) is 13.4. The molecular formula is C18H30N2. The summed E-state index contributed by atoms with van der Waals surface area (Å²) < 4.78 is 0. The summed E-state index contributed by atoms with van der Waals surface area (Å²) in [5, 5.41) is 3.70. The average molecular weight is 274 g/mol. The van der Waals surface area contributed by atoms with Crippen molar-refractivity contribution in [2.75, 3.05) is 19.6 Å². The summed E-state index contributed by atoms with van der Waals surface area (Å²) in [6, 6.07) is 11.5. The van der Waals surface area contributed by atoms with Crippen LogP contribution in [0.15, 0.2) is 30.3 Å². The molecule has 0 aromatic heterocycles. The van der Waals surface area contributed by atoms with E-state index in [2.05, 4.69) is 61.3 Å². The van der Waals surface area contributed by atoms with E-state index in [4.69, 9.17) is 0 Å². The molecule has 0 amide bonds. The van der Waals surface area contributed by atoms with Crippen molar-refractivity contribution >= 4 is 0 Å². The Morgan fingerprint density at radius 2 is 1.60 bits per heavy atom. The molecule has 1 aromatic rings. The zero-order chi connectivity index (χ0) is 14.4. The van der Waals surface area contributed by atoms with E-state index in [1.165, 1.54) is 44.3 Å². The highest BCUT2D eigenvalue weighted by atomic mass is 15.2. The van der Waals surface area contributed by atoms with Crippen molar-refractivity contribution in [1.82, 2.24) is 10.2 Å². The fraction of sp³-hybridized carbons (Fsp3) is 0.667. The second-order valence-corrected chi connectivity index (χ2v) is 7.01. The van der Waals surface area contributed by atoms with Crippen molar-refractivity contribution in [2.24, 2.45) is 0 Å². The normalized spacial score (nSPS) is 19.6. The van der Waals surface area contributed by atoms with Crippen molar-refractivity contribution in [3.8, 4) is 0 Å². The number of rotatable bonds is 4. The third-order valence-electron chi connectivity index (χ3n) is 4.09. The van der Waals surface area contributed by atoms with Crippen LogP contribution in [0.2, 0.25) is 0 Å². The van der Waals surface area contributed by atoms with Crippen molar-refractivity contribution in [3.63, 3.8) is 0 Å². The molecule has 1 aliphatic heterocycles. The van der Waals surface area contributed by atoms with Gasteiger partial charge in [0.05, 0.1) is 0 Å². The van der Waals surface area contributed by atoms with Crippen LogP contribution in [0, 0.1) is 0 Å². The lowest BCUT2D eigenvalue weighted by Crippen LogP contribution is -2.43. The van der Waals surface area contributed by atoms with E-state index in [1.54, 1.807) is 0 Å². The molecule has 2 rings (SSSR count). The van der Waals surface area contributed by atoms with Gasteiger partial charge in [-0.15, -0.1) is 0 Å². The summed E-state index contributed by atoms with van der Waals surface area (Å²) in [5.41, 5.74) is 1.63. The Hall–Kier alpha value is -0.860. The van der Waals surface area contributed by atoms with Gasteiger partial charge < -0.3 is 5.32 Å². The molecular weight excluding hydrogens is 244 g/mol. The van der Waals surface area contributed by atoms with Crippen LogP contribution in [0.4, 0.5) is 0 Å². The number of nitrogens with zero attached hydrogens (tertiary/aromatic N) is 1. The molecule has 0 spiro atoms. The summed E-state index contributed by atoms with van der Waals surface area (Å²) in [6.07, 6.45) is 5.48. The van der Waals surface area contributed by atoms with Crippen LogP contribution in [-0.4, -0.2) is 30.1 Å². The first kappa shape index (κ1) is 15.5. The van der Waals surface area contributed by atoms with Crippen LogP contribution in [0.1, 0.15) is 58.1 Å². The van der Waals surface area contributed by atoms with E-state index in [-0.39, 0.29) is 5.54 Å². The highest BCUT2D eigenvalue weighted by Gasteiger charge is 2.22. The van der Waals surface area contributed by atoms with E-state index >= 15 is 0 Å². The quantitative estimate of drug-likeness (QED) is 0.893. The van der Waals surface area contributed by atoms with Crippen LogP contribution in [0.25, 0.3) is 0 Å². The molecule has 1 heterocycles. The fourth-order valence-electron chi connectivity index (χ4n) is 2.94. The molecule has 1 fully saturated rings. The fourth-order valence-corrected chi connectivity index (χ4v) is 2.94. The minimum Gasteiger partial charge on any atom is -0.310 e. The summed E-state index contributed by atoms with van der Waals surface area (Å²) in [5.74, 6) is 0. The van der Waals surface area contributed by atoms with Crippen molar-refractivity contribution in [3.05, 3.63) is 35.9 Å². The van der Waals surface area contributed by atoms with Gasteiger partial charge in [0.1, 0.15) is 0 Å². The van der Waals surface area contributed by atoms with E-state index in [1.807, 2.05) is 0 Å². The van der Waals surface area contributed by atoms with Crippen LogP contribution in [0.5, 0.6) is 0 Å². The second kappa shape index (κ2) is 7.24. The van der Waals surface area contributed by atoms with Gasteiger partial charge in [-0.2, -0.15) is 0 Å². The van der Waals surface area contributed by atoms with E-state index in [9.17, 15) is 0 Å². The van der Waals surface area contributed by atoms with Crippen LogP contribution >= 0.6 is 0 Å². The number of likely N-dealkylation sites (tertiary alicyclic amines) is 1. The third kappa shape index (κ3) is 4.92. The maximum atomic E-state index is 3.70. The van der Waals surface area contributed by atoms with Crippen LogP contribution < -0.4 is 5.32 Å². The lowest BCUT2D eigenvalue weighted by molar-refractivity contribution is 0.189. The molecule has 2 nitrogen and oxygen atoms in total. The predicted molar refractivity (Wildman–Crippen MR) is 87.0 cm³/mol. The average Bonchev–Trinajstić information content (AvgIpc) is 2.68. The minimum absolute atomic E-state index is 0.179. The molecule has 1 aliphatic rings. The van der Waals surface area contributed by atoms with Gasteiger partial charge in [0.15, 0.2) is 0 Å². The molecule has 1 aromatic carbocycles. The Balaban J connectivity index is 2.10. The molecule has 112 valence electrons. The Kier molecular flexibility index (Phi) is 5.62. The number of nitrogens with one attached hydrogen (secondary N) is 1. The molecule has 20 heavy (non-hydrogen) atoms. The summed E-state index contributed by atoms with van der Waals surface area (Å²) in [7, 11) is 0. The first-order valence-electron chi connectivity index (χ1n) is 8.10. The Morgan fingerprint density at radius 1 is 1.00 bits per heavy atom. The molecule has 1 N–H and O–H groups in total. The molecule has 1 saturated heterocycles. The number of hydrogen-bond donors (Lipinski definition) is 1. The topological polar surface area (TPSA) is 15.3 Å². The Morgan fingerprint density at radius 3 is 2.15 bits per heavy atom. The van der Waals surface area contributed by atoms with E-state index < -0.39 is 0 Å². The monoisotopic (exact) mass is 274 g/mol. The first-order valence-corrected chi connectivity index (χ1v) is 8.10. The van der Waals surface area contributed by atoms with Crippen LogP contribution in [-0.2, 0) is 0 Å². The summed E-state index contributed by atoms with van der Waals surface area (Å²) in [4.78, 5) is 2.68. The summed E-state index contributed by atoms with van der Waals surface area (Å²) >= 11 is 0. The smallest absolute Gasteiger partial charge is 0.0472 e. The molecule has 1 atom stereocenters. The van der Waals surface area contributed by atoms with Gasteiger partial charge in [-0.25, -0.2) is 0 Å². The molecule has 0 bridgehead atoms. The maximum Gasteiger partial charge on any atom is 0.0472 e. The summed E-state index contributed by atoms with van der Waals surface area (Å²) in [6.45, 7) is 10.3. The van der Waals surface area contributed by atoms with Gasteiger partial charge in [0.2, 0.25) is 0 Å². The van der Waals surface area contributed by atoms with Gasteiger partial charge in [0.25, 0.3) is 0 Å². The standard InChI is InChI=1S/C18H30N2/c1-18(2,3)19-15-17(16-11-7-6-8-12-16)20-13-9-4-5-10-14-20/h6-8,11-12,17,19H,4-5,9-10,13-15H2,1-3H3. The van der Waals surface area contributed by atoms with Crippen molar-refractivity contribution in [2.45, 2.75) is 58.0 Å². The zero-order valence-electron chi connectivity index (χ0n) is 13.4. The Labute approximate surface area is 124 Å². The highest BCUT2D eigenvalue weighted by molar-refractivity contribution is 5.19. The van der Waals surface area contributed by atoms with Gasteiger partial charge in [-0.1, -0.05) is 43.2 Å². The van der Waals surface area contributed by atoms with Gasteiger partial charge >= 0.3 is 0 Å². The molecule has 0 radical (unpaired) electrons. The van der Waals surface area contributed by atoms with Gasteiger partial charge in [-0.05, 0) is 52.3 Å². The number of benzene rings is 1. The number of hydrogen-bond acceptors (Lipinski definition) is 2. The maximum absolute atomic E-state index is 3.70. The van der Waals surface area contributed by atoms with Crippen molar-refractivity contribution < 1.29 is 0 Å². The lowest BCUT2D eigenvalue weighted by Gasteiger charge is -2.34. The van der Waals surface area contributed by atoms with Crippen LogP contribution in [0.3, 0.4) is 0 Å². The molecule has 2 heteroatoms.